The van der Waals surface area contributed by atoms with E-state index >= 15 is 0 Å². The van der Waals surface area contributed by atoms with E-state index in [-0.39, 0.29) is 5.91 Å². The maximum absolute atomic E-state index is 12.9. The number of nitrogens with one attached hydrogen (secondary N) is 1. The number of carbonyl (C=O) groups is 1. The van der Waals surface area contributed by atoms with Crippen LogP contribution in [0.5, 0.6) is 0 Å². The van der Waals surface area contributed by atoms with Gasteiger partial charge in [0.05, 0.1) is 17.9 Å². The molecule has 0 spiro atoms. The normalized spacial score (nSPS) is 10.7. The lowest BCUT2D eigenvalue weighted by atomic mass is 10.0. The van der Waals surface area contributed by atoms with Gasteiger partial charge >= 0.3 is 0 Å². The van der Waals surface area contributed by atoms with Crippen LogP contribution in [0.15, 0.2) is 78.6 Å². The summed E-state index contributed by atoms with van der Waals surface area (Å²) in [6.07, 6.45) is 5.66. The van der Waals surface area contributed by atoms with E-state index < -0.39 is 0 Å². The number of benzene rings is 1. The van der Waals surface area contributed by atoms with E-state index in [0.29, 0.717) is 11.4 Å². The minimum absolute atomic E-state index is 0.0901. The molecule has 0 saturated carbocycles. The molecule has 3 aromatic heterocycles. The van der Waals surface area contributed by atoms with Gasteiger partial charge in [-0.1, -0.05) is 35.9 Å². The van der Waals surface area contributed by atoms with Crippen LogP contribution in [0.2, 0.25) is 0 Å². The average molecular weight is 373 g/mol. The summed E-state index contributed by atoms with van der Waals surface area (Å²) in [5, 5.41) is 5.04. The van der Waals surface area contributed by atoms with Crippen LogP contribution in [-0.4, -0.2) is 15.5 Å². The molecule has 0 atom stereocenters. The number of aryl methyl sites for hydroxylation is 1. The summed E-state index contributed by atoms with van der Waals surface area (Å²) in [5.74, 6) is -0.0901. The molecule has 0 unspecified atom stereocenters. The molecular formula is C22H19N3OS. The van der Waals surface area contributed by atoms with Gasteiger partial charge in [-0.15, -0.1) is 11.3 Å². The van der Waals surface area contributed by atoms with Crippen LogP contribution in [0.3, 0.4) is 0 Å². The Morgan fingerprint density at radius 2 is 1.85 bits per heavy atom. The Bertz CT molecular complexity index is 1040. The molecule has 0 aliphatic heterocycles. The first-order valence-corrected chi connectivity index (χ1v) is 9.60. The average Bonchev–Trinajstić information content (AvgIpc) is 3.37. The third kappa shape index (κ3) is 3.68. The molecule has 0 radical (unpaired) electrons. The van der Waals surface area contributed by atoms with E-state index in [1.54, 1.807) is 6.20 Å². The summed E-state index contributed by atoms with van der Waals surface area (Å²) < 4.78 is 2.00. The third-order valence-electron chi connectivity index (χ3n) is 4.35. The van der Waals surface area contributed by atoms with Crippen LogP contribution < -0.4 is 5.32 Å². The molecule has 1 amide bonds. The molecule has 5 heteroatoms. The molecule has 4 aromatic rings. The number of thiophene rings is 1. The second kappa shape index (κ2) is 7.60. The van der Waals surface area contributed by atoms with Crippen molar-refractivity contribution >= 4 is 17.2 Å². The molecule has 0 aliphatic rings. The van der Waals surface area contributed by atoms with Gasteiger partial charge in [-0.05, 0) is 36.8 Å². The summed E-state index contributed by atoms with van der Waals surface area (Å²) in [7, 11) is 0. The van der Waals surface area contributed by atoms with Gasteiger partial charge in [-0.25, -0.2) is 0 Å². The van der Waals surface area contributed by atoms with Crippen molar-refractivity contribution in [1.29, 1.82) is 0 Å². The van der Waals surface area contributed by atoms with Crippen molar-refractivity contribution in [2.24, 2.45) is 0 Å². The zero-order chi connectivity index (χ0) is 18.6. The predicted molar refractivity (Wildman–Crippen MR) is 109 cm³/mol. The van der Waals surface area contributed by atoms with Crippen molar-refractivity contribution in [2.75, 3.05) is 0 Å². The molecule has 134 valence electrons. The quantitative estimate of drug-likeness (QED) is 0.544. The number of hydrogen-bond acceptors (Lipinski definition) is 3. The Labute approximate surface area is 162 Å². The number of amides is 1. The smallest absolute Gasteiger partial charge is 0.263 e. The lowest BCUT2D eigenvalue weighted by Crippen LogP contribution is -2.23. The highest BCUT2D eigenvalue weighted by Crippen LogP contribution is 2.35. The number of carbonyl (C=O) groups excluding carboxylic acids is 1. The maximum Gasteiger partial charge on any atom is 0.263 e. The van der Waals surface area contributed by atoms with Crippen molar-refractivity contribution in [3.8, 4) is 16.8 Å². The molecule has 1 aromatic carbocycles. The summed E-state index contributed by atoms with van der Waals surface area (Å²) >= 11 is 1.46. The number of nitrogens with zero attached hydrogens (tertiary/aromatic N) is 2. The lowest BCUT2D eigenvalue weighted by Gasteiger charge is -2.10. The second-order valence-electron chi connectivity index (χ2n) is 6.29. The molecule has 0 aliphatic carbocycles. The monoisotopic (exact) mass is 373 g/mol. The molecule has 0 saturated heterocycles. The van der Waals surface area contributed by atoms with Gasteiger partial charge in [0.2, 0.25) is 0 Å². The fourth-order valence-electron chi connectivity index (χ4n) is 2.94. The molecule has 0 bridgehead atoms. The summed E-state index contributed by atoms with van der Waals surface area (Å²) in [4.78, 5) is 17.8. The predicted octanol–water partition coefficient (Wildman–Crippen LogP) is 4.84. The van der Waals surface area contributed by atoms with Gasteiger partial charge < -0.3 is 9.88 Å². The highest BCUT2D eigenvalue weighted by Gasteiger charge is 2.20. The van der Waals surface area contributed by atoms with E-state index in [9.17, 15) is 4.79 Å². The molecular weight excluding hydrogens is 354 g/mol. The van der Waals surface area contributed by atoms with E-state index in [1.807, 2.05) is 47.3 Å². The maximum atomic E-state index is 12.9. The van der Waals surface area contributed by atoms with Gasteiger partial charge in [-0.3, -0.25) is 9.78 Å². The van der Waals surface area contributed by atoms with Crippen molar-refractivity contribution < 1.29 is 4.79 Å². The zero-order valence-corrected chi connectivity index (χ0v) is 15.7. The van der Waals surface area contributed by atoms with E-state index in [1.165, 1.54) is 16.9 Å². The molecule has 0 fully saturated rings. The summed E-state index contributed by atoms with van der Waals surface area (Å²) in [5.41, 5.74) is 5.12. The molecule has 3 heterocycles. The fourth-order valence-corrected chi connectivity index (χ4v) is 3.93. The largest absolute Gasteiger partial charge is 0.346 e. The van der Waals surface area contributed by atoms with Gasteiger partial charge in [0.25, 0.3) is 5.91 Å². The molecule has 27 heavy (non-hydrogen) atoms. The number of aromatic nitrogens is 2. The summed E-state index contributed by atoms with van der Waals surface area (Å²) in [6, 6.07) is 18.0. The van der Waals surface area contributed by atoms with Gasteiger partial charge in [0.1, 0.15) is 4.88 Å². The second-order valence-corrected chi connectivity index (χ2v) is 7.17. The topological polar surface area (TPSA) is 46.9 Å². The van der Waals surface area contributed by atoms with Crippen LogP contribution in [0, 0.1) is 6.92 Å². The van der Waals surface area contributed by atoms with Crippen molar-refractivity contribution in [3.63, 3.8) is 0 Å². The van der Waals surface area contributed by atoms with Crippen molar-refractivity contribution in [1.82, 2.24) is 14.9 Å². The van der Waals surface area contributed by atoms with Gasteiger partial charge in [-0.2, -0.15) is 0 Å². The number of hydrogen-bond donors (Lipinski definition) is 1. The molecule has 1 N–H and O–H groups in total. The first-order valence-electron chi connectivity index (χ1n) is 8.72. The van der Waals surface area contributed by atoms with Gasteiger partial charge in [0.15, 0.2) is 0 Å². The number of rotatable bonds is 5. The first kappa shape index (κ1) is 17.2. The van der Waals surface area contributed by atoms with Crippen LogP contribution in [-0.2, 0) is 6.54 Å². The van der Waals surface area contributed by atoms with Crippen LogP contribution in [0.1, 0.15) is 20.9 Å². The SMILES string of the molecule is Cc1ccc(-c2csc(C(=O)NCc3ccccn3)c2-n2cccc2)cc1. The molecule has 4 nitrogen and oxygen atoms in total. The van der Waals surface area contributed by atoms with Crippen LogP contribution in [0.25, 0.3) is 16.8 Å². The fraction of sp³-hybridized carbons (Fsp3) is 0.0909. The van der Waals surface area contributed by atoms with Crippen LogP contribution in [0.4, 0.5) is 0 Å². The Balaban J connectivity index is 1.68. The third-order valence-corrected chi connectivity index (χ3v) is 5.32. The van der Waals surface area contributed by atoms with Crippen molar-refractivity contribution in [2.45, 2.75) is 13.5 Å². The Morgan fingerprint density at radius 1 is 1.07 bits per heavy atom. The van der Waals surface area contributed by atoms with Gasteiger partial charge in [0, 0.05) is 29.5 Å². The standard InChI is InChI=1S/C22H19N3OS/c1-16-7-9-17(10-8-16)19-15-27-21(20(19)25-12-4-5-13-25)22(26)24-14-18-6-2-3-11-23-18/h2-13,15H,14H2,1H3,(H,24,26). The lowest BCUT2D eigenvalue weighted by molar-refractivity contribution is 0.0954. The minimum Gasteiger partial charge on any atom is -0.346 e. The van der Waals surface area contributed by atoms with Crippen LogP contribution >= 0.6 is 11.3 Å². The Kier molecular flexibility index (Phi) is 4.85. The Morgan fingerprint density at radius 3 is 2.56 bits per heavy atom. The summed E-state index contributed by atoms with van der Waals surface area (Å²) in [6.45, 7) is 2.48. The highest BCUT2D eigenvalue weighted by atomic mass is 32.1. The van der Waals surface area contributed by atoms with Crippen molar-refractivity contribution in [3.05, 3.63) is 94.7 Å². The zero-order valence-electron chi connectivity index (χ0n) is 14.9. The van der Waals surface area contributed by atoms with E-state index in [2.05, 4.69) is 46.9 Å². The van der Waals surface area contributed by atoms with E-state index in [0.717, 1.165) is 22.5 Å². The number of pyridine rings is 1. The highest BCUT2D eigenvalue weighted by molar-refractivity contribution is 7.13. The minimum atomic E-state index is -0.0901. The van der Waals surface area contributed by atoms with E-state index in [4.69, 9.17) is 0 Å². The Hall–Kier alpha value is -3.18. The first-order chi connectivity index (χ1) is 13.2. The molecule has 4 rings (SSSR count).